The van der Waals surface area contributed by atoms with Crippen LogP contribution in [0, 0.1) is 0 Å². The number of allylic oxidation sites excluding steroid dienone is 4. The zero-order valence-corrected chi connectivity index (χ0v) is 8.01. The van der Waals surface area contributed by atoms with Crippen molar-refractivity contribution in [3.8, 4) is 0 Å². The van der Waals surface area contributed by atoms with E-state index in [4.69, 9.17) is 0 Å². The molecule has 0 aromatic rings. The number of thioether (sulfide) groups is 1. The van der Waals surface area contributed by atoms with Crippen LogP contribution in [0.2, 0.25) is 0 Å². The SMILES string of the molecule is C=C/C=C(/C=C(/C)S)SC. The molecule has 0 spiro atoms. The molecule has 0 saturated carbocycles. The van der Waals surface area contributed by atoms with Crippen molar-refractivity contribution in [2.24, 2.45) is 0 Å². The Balaban J connectivity index is 4.22. The Labute approximate surface area is 72.5 Å². The maximum atomic E-state index is 4.16. The highest BCUT2D eigenvalue weighted by atomic mass is 32.2. The van der Waals surface area contributed by atoms with Crippen LogP contribution in [0.5, 0.6) is 0 Å². The van der Waals surface area contributed by atoms with Gasteiger partial charge in [0, 0.05) is 4.91 Å². The van der Waals surface area contributed by atoms with Gasteiger partial charge in [-0.25, -0.2) is 0 Å². The molecule has 0 amide bonds. The summed E-state index contributed by atoms with van der Waals surface area (Å²) in [6.07, 6.45) is 7.78. The minimum atomic E-state index is 1.02. The predicted molar refractivity (Wildman–Crippen MR) is 54.5 cm³/mol. The van der Waals surface area contributed by atoms with E-state index in [1.54, 1.807) is 17.8 Å². The van der Waals surface area contributed by atoms with Crippen LogP contribution in [-0.2, 0) is 0 Å². The largest absolute Gasteiger partial charge is 0.148 e. The van der Waals surface area contributed by atoms with Crippen molar-refractivity contribution >= 4 is 24.4 Å². The summed E-state index contributed by atoms with van der Waals surface area (Å²) in [6.45, 7) is 5.57. The Bertz CT molecular complexity index is 159. The van der Waals surface area contributed by atoms with Crippen LogP contribution in [0.1, 0.15) is 6.92 Å². The standard InChI is InChI=1S/C8H12S2/c1-4-5-8(10-3)6-7(2)9/h4-6,9H,1H2,2-3H3/b7-6-,8-5-. The lowest BCUT2D eigenvalue weighted by Gasteiger charge is -1.94. The highest BCUT2D eigenvalue weighted by Gasteiger charge is 1.86. The monoisotopic (exact) mass is 172 g/mol. The van der Waals surface area contributed by atoms with Crippen molar-refractivity contribution in [3.63, 3.8) is 0 Å². The second kappa shape index (κ2) is 5.69. The first-order chi connectivity index (χ1) is 4.70. The van der Waals surface area contributed by atoms with Crippen molar-refractivity contribution in [1.29, 1.82) is 0 Å². The first kappa shape index (κ1) is 9.92. The van der Waals surface area contributed by atoms with Gasteiger partial charge in [-0.05, 0) is 30.2 Å². The lowest BCUT2D eigenvalue weighted by atomic mass is 10.4. The van der Waals surface area contributed by atoms with Gasteiger partial charge >= 0.3 is 0 Å². The van der Waals surface area contributed by atoms with Gasteiger partial charge in [0.05, 0.1) is 0 Å². The smallest absolute Gasteiger partial charge is 0.00765 e. The van der Waals surface area contributed by atoms with Crippen molar-refractivity contribution in [3.05, 3.63) is 34.6 Å². The van der Waals surface area contributed by atoms with E-state index in [2.05, 4.69) is 19.2 Å². The van der Waals surface area contributed by atoms with E-state index in [1.165, 1.54) is 4.91 Å². The average molecular weight is 172 g/mol. The van der Waals surface area contributed by atoms with Crippen LogP contribution in [0.4, 0.5) is 0 Å². The Hall–Kier alpha value is -0.0800. The number of hydrogen-bond acceptors (Lipinski definition) is 2. The molecule has 0 atom stereocenters. The van der Waals surface area contributed by atoms with Gasteiger partial charge in [0.25, 0.3) is 0 Å². The molecule has 0 aromatic heterocycles. The van der Waals surface area contributed by atoms with E-state index in [9.17, 15) is 0 Å². The highest BCUT2D eigenvalue weighted by molar-refractivity contribution is 8.02. The fraction of sp³-hybridized carbons (Fsp3) is 0.250. The summed E-state index contributed by atoms with van der Waals surface area (Å²) >= 11 is 5.84. The minimum absolute atomic E-state index is 1.02. The molecular weight excluding hydrogens is 160 g/mol. The number of hydrogen-bond donors (Lipinski definition) is 1. The van der Waals surface area contributed by atoms with Crippen LogP contribution < -0.4 is 0 Å². The Kier molecular flexibility index (Phi) is 5.64. The molecule has 0 radical (unpaired) electrons. The lowest BCUT2D eigenvalue weighted by molar-refractivity contribution is 1.67. The van der Waals surface area contributed by atoms with E-state index in [0.29, 0.717) is 0 Å². The van der Waals surface area contributed by atoms with Crippen molar-refractivity contribution in [2.75, 3.05) is 6.26 Å². The maximum Gasteiger partial charge on any atom is 0.00765 e. The summed E-state index contributed by atoms with van der Waals surface area (Å²) < 4.78 is 0. The number of thiol groups is 1. The minimum Gasteiger partial charge on any atom is -0.148 e. The normalized spacial score (nSPS) is 13.5. The first-order valence-corrected chi connectivity index (χ1v) is 4.62. The van der Waals surface area contributed by atoms with Crippen LogP contribution in [0.15, 0.2) is 34.6 Å². The fourth-order valence-electron chi connectivity index (χ4n) is 0.497. The van der Waals surface area contributed by atoms with Gasteiger partial charge in [-0.1, -0.05) is 12.7 Å². The third kappa shape index (κ3) is 4.77. The van der Waals surface area contributed by atoms with Crippen molar-refractivity contribution in [2.45, 2.75) is 6.92 Å². The van der Waals surface area contributed by atoms with Crippen LogP contribution in [0.25, 0.3) is 0 Å². The quantitative estimate of drug-likeness (QED) is 0.503. The highest BCUT2D eigenvalue weighted by Crippen LogP contribution is 2.16. The second-order valence-corrected chi connectivity index (χ2v) is 3.38. The molecular formula is C8H12S2. The predicted octanol–water partition coefficient (Wildman–Crippen LogP) is 3.25. The van der Waals surface area contributed by atoms with Gasteiger partial charge in [-0.3, -0.25) is 0 Å². The van der Waals surface area contributed by atoms with Crippen molar-refractivity contribution < 1.29 is 0 Å². The van der Waals surface area contributed by atoms with E-state index >= 15 is 0 Å². The average Bonchev–Trinajstić information content (AvgIpc) is 1.86. The Morgan fingerprint density at radius 1 is 1.60 bits per heavy atom. The molecule has 0 aliphatic rings. The van der Waals surface area contributed by atoms with Crippen LogP contribution in [0.3, 0.4) is 0 Å². The van der Waals surface area contributed by atoms with Gasteiger partial charge in [0.15, 0.2) is 0 Å². The van der Waals surface area contributed by atoms with Crippen molar-refractivity contribution in [1.82, 2.24) is 0 Å². The summed E-state index contributed by atoms with van der Waals surface area (Å²) in [5.74, 6) is 0. The van der Waals surface area contributed by atoms with Gasteiger partial charge in [0.1, 0.15) is 0 Å². The van der Waals surface area contributed by atoms with E-state index < -0.39 is 0 Å². The molecule has 10 heavy (non-hydrogen) atoms. The summed E-state index contributed by atoms with van der Waals surface area (Å²) in [5.41, 5.74) is 0. The van der Waals surface area contributed by atoms with Gasteiger partial charge < -0.3 is 0 Å². The zero-order chi connectivity index (χ0) is 7.98. The lowest BCUT2D eigenvalue weighted by Crippen LogP contribution is -1.68. The van der Waals surface area contributed by atoms with Gasteiger partial charge in [-0.2, -0.15) is 0 Å². The van der Waals surface area contributed by atoms with E-state index in [-0.39, 0.29) is 0 Å². The van der Waals surface area contributed by atoms with Crippen LogP contribution >= 0.6 is 24.4 Å². The van der Waals surface area contributed by atoms with E-state index in [1.807, 2.05) is 25.3 Å². The molecule has 0 N–H and O–H groups in total. The Morgan fingerprint density at radius 2 is 2.20 bits per heavy atom. The molecule has 0 fully saturated rings. The summed E-state index contributed by atoms with van der Waals surface area (Å²) in [7, 11) is 0. The maximum absolute atomic E-state index is 4.16. The molecule has 0 unspecified atom stereocenters. The molecule has 56 valence electrons. The molecule has 0 aliphatic heterocycles. The Morgan fingerprint density at radius 3 is 2.50 bits per heavy atom. The molecule has 0 saturated heterocycles. The molecule has 2 heteroatoms. The summed E-state index contributed by atoms with van der Waals surface area (Å²) in [4.78, 5) is 2.20. The van der Waals surface area contributed by atoms with Gasteiger partial charge in [0.2, 0.25) is 0 Å². The molecule has 0 nitrogen and oxygen atoms in total. The van der Waals surface area contributed by atoms with Crippen LogP contribution in [-0.4, -0.2) is 6.26 Å². The molecule has 0 aromatic carbocycles. The summed E-state index contributed by atoms with van der Waals surface area (Å²) in [6, 6.07) is 0. The second-order valence-electron chi connectivity index (χ2n) is 1.79. The third-order valence-electron chi connectivity index (χ3n) is 0.869. The zero-order valence-electron chi connectivity index (χ0n) is 6.29. The topological polar surface area (TPSA) is 0 Å². The number of rotatable bonds is 3. The molecule has 0 bridgehead atoms. The summed E-state index contributed by atoms with van der Waals surface area (Å²) in [5, 5.41) is 0. The van der Waals surface area contributed by atoms with E-state index in [0.717, 1.165) is 4.91 Å². The first-order valence-electron chi connectivity index (χ1n) is 2.94. The fourth-order valence-corrected chi connectivity index (χ4v) is 1.25. The third-order valence-corrected chi connectivity index (χ3v) is 1.72. The molecule has 0 aliphatic carbocycles. The molecule has 0 rings (SSSR count). The molecule has 0 heterocycles. The van der Waals surface area contributed by atoms with Gasteiger partial charge in [-0.15, -0.1) is 24.4 Å².